The van der Waals surface area contributed by atoms with Crippen molar-refractivity contribution < 1.29 is 28.2 Å². The molecule has 3 amide bonds. The van der Waals surface area contributed by atoms with Crippen molar-refractivity contribution in [3.05, 3.63) is 69.8 Å². The molecule has 0 spiro atoms. The fraction of sp³-hybridized carbons (Fsp3) is 0.136. The Morgan fingerprint density at radius 2 is 2.06 bits per heavy atom. The Hall–Kier alpha value is -3.11. The van der Waals surface area contributed by atoms with Gasteiger partial charge in [0.2, 0.25) is 5.91 Å². The maximum atomic E-state index is 13.7. The van der Waals surface area contributed by atoms with Crippen molar-refractivity contribution in [1.29, 1.82) is 0 Å². The number of imide groups is 1. The molecule has 1 aliphatic heterocycles. The van der Waals surface area contributed by atoms with Crippen molar-refractivity contribution in [2.45, 2.75) is 0 Å². The van der Waals surface area contributed by atoms with Gasteiger partial charge >= 0.3 is 0 Å². The molecule has 0 radical (unpaired) electrons. The summed E-state index contributed by atoms with van der Waals surface area (Å²) in [6, 6.07) is 8.98. The van der Waals surface area contributed by atoms with Gasteiger partial charge in [0.15, 0.2) is 11.5 Å². The molecule has 1 fully saturated rings. The summed E-state index contributed by atoms with van der Waals surface area (Å²) >= 11 is 4.12. The second kappa shape index (κ2) is 10.5. The number of hydrogen-bond acceptors (Lipinski definition) is 6. The van der Waals surface area contributed by atoms with E-state index in [0.29, 0.717) is 33.3 Å². The van der Waals surface area contributed by atoms with Gasteiger partial charge < -0.3 is 14.8 Å². The van der Waals surface area contributed by atoms with Gasteiger partial charge in [-0.15, -0.1) is 0 Å². The van der Waals surface area contributed by atoms with Crippen molar-refractivity contribution >= 4 is 56.5 Å². The van der Waals surface area contributed by atoms with Crippen LogP contribution in [0.4, 0.5) is 14.9 Å². The van der Waals surface area contributed by atoms with E-state index in [9.17, 15) is 18.8 Å². The number of nitrogens with zero attached hydrogens (tertiary/aromatic N) is 1. The lowest BCUT2D eigenvalue weighted by Gasteiger charge is -2.13. The summed E-state index contributed by atoms with van der Waals surface area (Å²) in [5.74, 6) is -1.02. The topological polar surface area (TPSA) is 84.9 Å². The molecule has 7 nitrogen and oxygen atoms in total. The van der Waals surface area contributed by atoms with E-state index >= 15 is 0 Å². The molecular formula is C22H18BrFN2O5S. The summed E-state index contributed by atoms with van der Waals surface area (Å²) in [5, 5.41) is 1.76. The first kappa shape index (κ1) is 23.6. The van der Waals surface area contributed by atoms with Crippen LogP contribution in [0.25, 0.3) is 6.08 Å². The summed E-state index contributed by atoms with van der Waals surface area (Å²) in [6.45, 7) is 3.35. The molecule has 1 N–H and O–H groups in total. The number of methoxy groups -OCH3 is 1. The quantitative estimate of drug-likeness (QED) is 0.396. The van der Waals surface area contributed by atoms with E-state index in [-0.39, 0.29) is 17.2 Å². The number of hydrogen-bond donors (Lipinski definition) is 1. The highest BCUT2D eigenvalue weighted by Crippen LogP contribution is 2.39. The van der Waals surface area contributed by atoms with E-state index in [0.717, 1.165) is 4.90 Å². The van der Waals surface area contributed by atoms with E-state index < -0.39 is 29.4 Å². The molecule has 1 aliphatic rings. The van der Waals surface area contributed by atoms with Crippen LogP contribution < -0.4 is 14.8 Å². The number of rotatable bonds is 8. The van der Waals surface area contributed by atoms with Crippen molar-refractivity contribution in [3.63, 3.8) is 0 Å². The van der Waals surface area contributed by atoms with Gasteiger partial charge in [-0.1, -0.05) is 24.8 Å². The second-order valence-corrected chi connectivity index (χ2v) is 8.28. The normalized spacial score (nSPS) is 14.6. The highest BCUT2D eigenvalue weighted by Gasteiger charge is 2.36. The van der Waals surface area contributed by atoms with Gasteiger partial charge in [0.25, 0.3) is 11.1 Å². The Bertz CT molecular complexity index is 1120. The SMILES string of the molecule is C=CCOc1c(Br)cc(/C=C2\SC(=O)N(CC(=O)Nc3ccccc3F)C2=O)cc1OC. The molecule has 0 bridgehead atoms. The summed E-state index contributed by atoms with van der Waals surface area (Å²) in [7, 11) is 1.48. The number of nitrogens with one attached hydrogen (secondary N) is 1. The fourth-order valence-electron chi connectivity index (χ4n) is 2.79. The lowest BCUT2D eigenvalue weighted by molar-refractivity contribution is -0.127. The average molecular weight is 521 g/mol. The van der Waals surface area contributed by atoms with E-state index in [4.69, 9.17) is 9.47 Å². The first-order valence-electron chi connectivity index (χ1n) is 9.25. The highest BCUT2D eigenvalue weighted by atomic mass is 79.9. The molecule has 0 aromatic heterocycles. The van der Waals surface area contributed by atoms with Crippen LogP contribution in [0.5, 0.6) is 11.5 Å². The Balaban J connectivity index is 1.76. The number of para-hydroxylation sites is 1. The zero-order valence-corrected chi connectivity index (χ0v) is 19.3. The van der Waals surface area contributed by atoms with Crippen LogP contribution in [0.2, 0.25) is 0 Å². The second-order valence-electron chi connectivity index (χ2n) is 6.43. The number of amides is 3. The van der Waals surface area contributed by atoms with Crippen molar-refractivity contribution in [2.24, 2.45) is 0 Å². The molecule has 0 unspecified atom stereocenters. The highest BCUT2D eigenvalue weighted by molar-refractivity contribution is 9.10. The molecule has 1 saturated heterocycles. The summed E-state index contributed by atoms with van der Waals surface area (Å²) < 4.78 is 25.2. The lowest BCUT2D eigenvalue weighted by atomic mass is 10.2. The molecule has 0 saturated carbocycles. The summed E-state index contributed by atoms with van der Waals surface area (Å²) in [6.07, 6.45) is 3.11. The van der Waals surface area contributed by atoms with Crippen LogP contribution in [0.1, 0.15) is 5.56 Å². The van der Waals surface area contributed by atoms with Crippen LogP contribution in [-0.2, 0) is 9.59 Å². The Labute approximate surface area is 196 Å². The van der Waals surface area contributed by atoms with E-state index in [1.165, 1.54) is 31.4 Å². The van der Waals surface area contributed by atoms with Crippen molar-refractivity contribution in [3.8, 4) is 11.5 Å². The number of carbonyl (C=O) groups is 3. The lowest BCUT2D eigenvalue weighted by Crippen LogP contribution is -2.36. The minimum absolute atomic E-state index is 0.0317. The number of halogens is 2. The molecule has 2 aromatic rings. The van der Waals surface area contributed by atoms with Gasteiger partial charge in [-0.25, -0.2) is 4.39 Å². The summed E-state index contributed by atoms with van der Waals surface area (Å²) in [5.41, 5.74) is 0.553. The Morgan fingerprint density at radius 3 is 2.75 bits per heavy atom. The molecule has 0 aliphatic carbocycles. The molecule has 166 valence electrons. The maximum Gasteiger partial charge on any atom is 0.294 e. The third kappa shape index (κ3) is 5.38. The monoisotopic (exact) mass is 520 g/mol. The van der Waals surface area contributed by atoms with Crippen LogP contribution in [0.15, 0.2) is 58.4 Å². The standard InChI is InChI=1S/C22H18BrFN2O5S/c1-3-8-31-20-14(23)9-13(10-17(20)30-2)11-18-21(28)26(22(29)32-18)12-19(27)25-16-7-5-4-6-15(16)24/h3-7,9-11H,1,8,12H2,2H3,(H,25,27)/b18-11-. The van der Waals surface area contributed by atoms with Crippen molar-refractivity contribution in [2.75, 3.05) is 25.6 Å². The average Bonchev–Trinajstić information content (AvgIpc) is 3.01. The smallest absolute Gasteiger partial charge is 0.294 e. The first-order valence-corrected chi connectivity index (χ1v) is 10.9. The number of ether oxygens (including phenoxy) is 2. The van der Waals surface area contributed by atoms with Crippen molar-refractivity contribution in [1.82, 2.24) is 4.90 Å². The zero-order chi connectivity index (χ0) is 23.3. The molecule has 32 heavy (non-hydrogen) atoms. The molecule has 3 rings (SSSR count). The van der Waals surface area contributed by atoms with Crippen LogP contribution in [-0.4, -0.2) is 42.2 Å². The Kier molecular flexibility index (Phi) is 7.70. The predicted octanol–water partition coefficient (Wildman–Crippen LogP) is 4.84. The molecule has 2 aromatic carbocycles. The van der Waals surface area contributed by atoms with E-state index in [1.54, 1.807) is 24.3 Å². The minimum atomic E-state index is -0.688. The third-order valence-electron chi connectivity index (χ3n) is 4.22. The molecule has 0 atom stereocenters. The third-order valence-corrected chi connectivity index (χ3v) is 5.71. The van der Waals surface area contributed by atoms with Gasteiger partial charge in [0, 0.05) is 0 Å². The number of thioether (sulfide) groups is 1. The van der Waals surface area contributed by atoms with Gasteiger partial charge in [0.05, 0.1) is 22.2 Å². The maximum absolute atomic E-state index is 13.7. The minimum Gasteiger partial charge on any atom is -0.493 e. The van der Waals surface area contributed by atoms with E-state index in [2.05, 4.69) is 27.8 Å². The molecule has 10 heteroatoms. The van der Waals surface area contributed by atoms with Gasteiger partial charge in [0.1, 0.15) is 19.0 Å². The van der Waals surface area contributed by atoms with E-state index in [1.807, 2.05) is 0 Å². The number of benzene rings is 2. The predicted molar refractivity (Wildman–Crippen MR) is 124 cm³/mol. The number of carbonyl (C=O) groups excluding carboxylic acids is 3. The van der Waals surface area contributed by atoms with Gasteiger partial charge in [-0.05, 0) is 63.6 Å². The van der Waals surface area contributed by atoms with Gasteiger partial charge in [-0.3, -0.25) is 19.3 Å². The number of anilines is 1. The fourth-order valence-corrected chi connectivity index (χ4v) is 4.20. The van der Waals surface area contributed by atoms with Crippen LogP contribution in [0, 0.1) is 5.82 Å². The molecular weight excluding hydrogens is 503 g/mol. The Morgan fingerprint density at radius 1 is 1.31 bits per heavy atom. The van der Waals surface area contributed by atoms with Gasteiger partial charge in [-0.2, -0.15) is 0 Å². The van der Waals surface area contributed by atoms with Crippen LogP contribution >= 0.6 is 27.7 Å². The largest absolute Gasteiger partial charge is 0.493 e. The molecule has 1 heterocycles. The van der Waals surface area contributed by atoms with Crippen LogP contribution in [0.3, 0.4) is 0 Å². The first-order chi connectivity index (χ1) is 15.3. The summed E-state index contributed by atoms with van der Waals surface area (Å²) in [4.78, 5) is 38.2. The zero-order valence-electron chi connectivity index (χ0n) is 16.9.